The van der Waals surface area contributed by atoms with Crippen molar-refractivity contribution in [3.05, 3.63) is 45.4 Å². The van der Waals surface area contributed by atoms with Gasteiger partial charge in [0, 0.05) is 35.5 Å². The molecule has 0 unspecified atom stereocenters. The number of benzene rings is 1. The van der Waals surface area contributed by atoms with Gasteiger partial charge in [0.05, 0.1) is 0 Å². The van der Waals surface area contributed by atoms with E-state index in [-0.39, 0.29) is 12.5 Å². The van der Waals surface area contributed by atoms with Crippen molar-refractivity contribution >= 4 is 40.1 Å². The van der Waals surface area contributed by atoms with E-state index in [1.54, 1.807) is 6.20 Å². The summed E-state index contributed by atoms with van der Waals surface area (Å²) in [5.74, 6) is -0.877. The first kappa shape index (κ1) is 18.2. The average molecular weight is 368 g/mol. The smallest absolute Gasteiger partial charge is 0.321 e. The first-order valence-electron chi connectivity index (χ1n) is 7.40. The third-order valence-electron chi connectivity index (χ3n) is 3.24. The average Bonchev–Trinajstić information content (AvgIpc) is 2.94. The zero-order valence-corrected chi connectivity index (χ0v) is 14.7. The SMILES string of the molecule is Cc1ccc(Cc2cnc(NC(=O)NCCCC(=O)O)s2)cc1Cl. The molecule has 1 aromatic carbocycles. The number of rotatable bonds is 7. The highest BCUT2D eigenvalue weighted by atomic mass is 35.5. The largest absolute Gasteiger partial charge is 0.481 e. The normalized spacial score (nSPS) is 10.4. The van der Waals surface area contributed by atoms with E-state index in [9.17, 15) is 9.59 Å². The van der Waals surface area contributed by atoms with Gasteiger partial charge in [0.15, 0.2) is 5.13 Å². The molecule has 0 atom stereocenters. The van der Waals surface area contributed by atoms with Crippen LogP contribution in [-0.2, 0) is 11.2 Å². The van der Waals surface area contributed by atoms with Crippen LogP contribution in [0.15, 0.2) is 24.4 Å². The Labute approximate surface area is 148 Å². The number of carboxylic acids is 1. The maximum absolute atomic E-state index is 11.7. The van der Waals surface area contributed by atoms with Crippen molar-refractivity contribution < 1.29 is 14.7 Å². The molecule has 24 heavy (non-hydrogen) atoms. The first-order valence-corrected chi connectivity index (χ1v) is 8.60. The number of aliphatic carboxylic acids is 1. The van der Waals surface area contributed by atoms with Gasteiger partial charge in [0.25, 0.3) is 0 Å². The topological polar surface area (TPSA) is 91.3 Å². The fraction of sp³-hybridized carbons (Fsp3) is 0.312. The Morgan fingerprint density at radius 1 is 1.38 bits per heavy atom. The number of carbonyl (C=O) groups excluding carboxylic acids is 1. The van der Waals surface area contributed by atoms with Crippen molar-refractivity contribution in [1.82, 2.24) is 10.3 Å². The fourth-order valence-electron chi connectivity index (χ4n) is 1.98. The van der Waals surface area contributed by atoms with Crippen LogP contribution in [0.2, 0.25) is 5.02 Å². The van der Waals surface area contributed by atoms with Gasteiger partial charge in [-0.1, -0.05) is 23.7 Å². The van der Waals surface area contributed by atoms with Gasteiger partial charge in [-0.3, -0.25) is 10.1 Å². The van der Waals surface area contributed by atoms with Crippen molar-refractivity contribution in [3.63, 3.8) is 0 Å². The molecule has 2 rings (SSSR count). The molecular weight excluding hydrogens is 350 g/mol. The predicted molar refractivity (Wildman–Crippen MR) is 95.0 cm³/mol. The van der Waals surface area contributed by atoms with Crippen LogP contribution >= 0.6 is 22.9 Å². The lowest BCUT2D eigenvalue weighted by molar-refractivity contribution is -0.137. The van der Waals surface area contributed by atoms with Gasteiger partial charge < -0.3 is 10.4 Å². The molecule has 0 radical (unpaired) electrons. The molecular formula is C16H18ClN3O3S. The zero-order valence-electron chi connectivity index (χ0n) is 13.1. The predicted octanol–water partition coefficient (Wildman–Crippen LogP) is 3.68. The third-order valence-corrected chi connectivity index (χ3v) is 4.56. The number of amides is 2. The number of carboxylic acid groups (broad SMARTS) is 1. The molecule has 2 amide bonds. The molecule has 0 aliphatic heterocycles. The second-order valence-electron chi connectivity index (χ2n) is 5.27. The van der Waals surface area contributed by atoms with Crippen LogP contribution in [0.3, 0.4) is 0 Å². The minimum atomic E-state index is -0.877. The molecule has 0 fully saturated rings. The van der Waals surface area contributed by atoms with E-state index < -0.39 is 5.97 Å². The molecule has 128 valence electrons. The van der Waals surface area contributed by atoms with Crippen LogP contribution < -0.4 is 10.6 Å². The zero-order chi connectivity index (χ0) is 17.5. The van der Waals surface area contributed by atoms with Gasteiger partial charge >= 0.3 is 12.0 Å². The van der Waals surface area contributed by atoms with Gasteiger partial charge in [-0.2, -0.15) is 0 Å². The van der Waals surface area contributed by atoms with Crippen molar-refractivity contribution in [2.45, 2.75) is 26.2 Å². The molecule has 2 aromatic rings. The Hall–Kier alpha value is -2.12. The van der Waals surface area contributed by atoms with Crippen molar-refractivity contribution in [2.24, 2.45) is 0 Å². The van der Waals surface area contributed by atoms with Crippen molar-refractivity contribution in [2.75, 3.05) is 11.9 Å². The van der Waals surface area contributed by atoms with Crippen LogP contribution in [0.1, 0.15) is 28.8 Å². The number of aryl methyl sites for hydroxylation is 1. The second kappa shape index (κ2) is 8.65. The monoisotopic (exact) mass is 367 g/mol. The standard InChI is InChI=1S/C16H18ClN3O3S/c1-10-4-5-11(8-13(10)17)7-12-9-19-16(24-12)20-15(23)18-6-2-3-14(21)22/h4-5,8-9H,2-3,6-7H2,1H3,(H,21,22)(H2,18,19,20,23). The number of hydrogen-bond acceptors (Lipinski definition) is 4. The maximum Gasteiger partial charge on any atom is 0.321 e. The number of halogens is 1. The number of nitrogens with zero attached hydrogens (tertiary/aromatic N) is 1. The Morgan fingerprint density at radius 2 is 2.17 bits per heavy atom. The summed E-state index contributed by atoms with van der Waals surface area (Å²) < 4.78 is 0. The lowest BCUT2D eigenvalue weighted by atomic mass is 10.1. The van der Waals surface area contributed by atoms with E-state index in [4.69, 9.17) is 16.7 Å². The minimum absolute atomic E-state index is 0.0286. The van der Waals surface area contributed by atoms with E-state index in [2.05, 4.69) is 15.6 Å². The van der Waals surface area contributed by atoms with Crippen LogP contribution in [0.5, 0.6) is 0 Å². The van der Waals surface area contributed by atoms with E-state index in [1.165, 1.54) is 11.3 Å². The number of anilines is 1. The fourth-order valence-corrected chi connectivity index (χ4v) is 3.02. The summed E-state index contributed by atoms with van der Waals surface area (Å²) >= 11 is 7.51. The Balaban J connectivity index is 1.83. The highest BCUT2D eigenvalue weighted by Gasteiger charge is 2.08. The number of nitrogens with one attached hydrogen (secondary N) is 2. The minimum Gasteiger partial charge on any atom is -0.481 e. The number of carbonyl (C=O) groups is 2. The molecule has 0 aliphatic carbocycles. The first-order chi connectivity index (χ1) is 11.4. The molecule has 0 aliphatic rings. The summed E-state index contributed by atoms with van der Waals surface area (Å²) in [5, 5.41) is 15.0. The molecule has 1 aromatic heterocycles. The molecule has 0 spiro atoms. The Kier molecular flexibility index (Phi) is 6.57. The molecule has 0 saturated heterocycles. The van der Waals surface area contributed by atoms with Crippen LogP contribution in [0, 0.1) is 6.92 Å². The van der Waals surface area contributed by atoms with Gasteiger partial charge in [0.2, 0.25) is 0 Å². The summed E-state index contributed by atoms with van der Waals surface area (Å²) in [4.78, 5) is 27.2. The van der Waals surface area contributed by atoms with Crippen molar-refractivity contribution in [1.29, 1.82) is 0 Å². The van der Waals surface area contributed by atoms with E-state index in [0.717, 1.165) is 21.0 Å². The van der Waals surface area contributed by atoms with Crippen molar-refractivity contribution in [3.8, 4) is 0 Å². The number of thiazole rings is 1. The summed E-state index contributed by atoms with van der Waals surface area (Å²) in [5.41, 5.74) is 2.12. The van der Waals surface area contributed by atoms with Gasteiger partial charge in [-0.25, -0.2) is 9.78 Å². The van der Waals surface area contributed by atoms with Crippen LogP contribution in [0.25, 0.3) is 0 Å². The number of hydrogen-bond donors (Lipinski definition) is 3. The van der Waals surface area contributed by atoms with E-state index in [0.29, 0.717) is 24.5 Å². The molecule has 0 bridgehead atoms. The third kappa shape index (κ3) is 5.82. The lowest BCUT2D eigenvalue weighted by Crippen LogP contribution is -2.29. The number of aromatic nitrogens is 1. The summed E-state index contributed by atoms with van der Waals surface area (Å²) in [6, 6.07) is 5.53. The molecule has 0 saturated carbocycles. The Morgan fingerprint density at radius 3 is 2.88 bits per heavy atom. The van der Waals surface area contributed by atoms with Gasteiger partial charge in [-0.15, -0.1) is 11.3 Å². The summed E-state index contributed by atoms with van der Waals surface area (Å²) in [6.07, 6.45) is 2.83. The molecule has 6 nitrogen and oxygen atoms in total. The number of urea groups is 1. The molecule has 3 N–H and O–H groups in total. The highest BCUT2D eigenvalue weighted by Crippen LogP contribution is 2.23. The van der Waals surface area contributed by atoms with Gasteiger partial charge in [-0.05, 0) is 30.5 Å². The van der Waals surface area contributed by atoms with E-state index >= 15 is 0 Å². The highest BCUT2D eigenvalue weighted by molar-refractivity contribution is 7.15. The van der Waals surface area contributed by atoms with Gasteiger partial charge in [0.1, 0.15) is 0 Å². The summed E-state index contributed by atoms with van der Waals surface area (Å²) in [6.45, 7) is 2.26. The Bertz CT molecular complexity index is 733. The quantitative estimate of drug-likeness (QED) is 0.651. The lowest BCUT2D eigenvalue weighted by Gasteiger charge is -2.04. The molecule has 8 heteroatoms. The van der Waals surface area contributed by atoms with Crippen LogP contribution in [-0.4, -0.2) is 28.6 Å². The maximum atomic E-state index is 11.7. The summed E-state index contributed by atoms with van der Waals surface area (Å²) in [7, 11) is 0. The second-order valence-corrected chi connectivity index (χ2v) is 6.79. The van der Waals surface area contributed by atoms with E-state index in [1.807, 2.05) is 25.1 Å². The van der Waals surface area contributed by atoms with Crippen LogP contribution in [0.4, 0.5) is 9.93 Å². The molecule has 1 heterocycles.